The molecule has 0 atom stereocenters. The number of benzene rings is 1. The molecule has 1 aromatic carbocycles. The third-order valence-corrected chi connectivity index (χ3v) is 2.61. The highest BCUT2D eigenvalue weighted by molar-refractivity contribution is 5.72. The molecular weight excluding hydrogens is 253 g/mol. The van der Waals surface area contributed by atoms with Crippen LogP contribution < -0.4 is 4.90 Å². The summed E-state index contributed by atoms with van der Waals surface area (Å²) in [4.78, 5) is 9.17. The highest BCUT2D eigenvalue weighted by Crippen LogP contribution is 2.30. The molecule has 0 aliphatic carbocycles. The highest BCUT2D eigenvalue weighted by Gasteiger charge is 2.18. The van der Waals surface area contributed by atoms with E-state index in [9.17, 15) is 9.50 Å². The average Bonchev–Trinajstić information content (AvgIpc) is 2.84. The summed E-state index contributed by atoms with van der Waals surface area (Å²) in [5.41, 5.74) is 0.474. The van der Waals surface area contributed by atoms with Crippen molar-refractivity contribution < 1.29 is 14.1 Å². The van der Waals surface area contributed by atoms with Crippen molar-refractivity contribution in [3.8, 4) is 5.88 Å². The second-order valence-electron chi connectivity index (χ2n) is 3.79. The lowest BCUT2D eigenvalue weighted by Crippen LogP contribution is -2.13. The van der Waals surface area contributed by atoms with Crippen LogP contribution in [0.4, 0.5) is 15.9 Å². The Labute approximate surface area is 106 Å². The van der Waals surface area contributed by atoms with Gasteiger partial charge in [-0.2, -0.15) is 9.97 Å². The van der Waals surface area contributed by atoms with Crippen molar-refractivity contribution in [1.29, 1.82) is 0 Å². The molecule has 1 N–H and O–H groups in total. The van der Waals surface area contributed by atoms with Gasteiger partial charge in [0.15, 0.2) is 5.82 Å². The summed E-state index contributed by atoms with van der Waals surface area (Å²) in [6.07, 6.45) is 0. The van der Waals surface area contributed by atoms with Crippen LogP contribution in [0, 0.1) is 5.82 Å². The SMILES string of the molecule is CN(c1ccccc1F)c1nc2nonc2nc1O. The van der Waals surface area contributed by atoms with Crippen LogP contribution in [0.5, 0.6) is 5.88 Å². The number of hydrogen-bond donors (Lipinski definition) is 1. The Morgan fingerprint density at radius 2 is 1.84 bits per heavy atom. The van der Waals surface area contributed by atoms with E-state index in [1.165, 1.54) is 11.0 Å². The van der Waals surface area contributed by atoms with E-state index in [0.717, 1.165) is 0 Å². The third kappa shape index (κ3) is 1.82. The molecule has 96 valence electrons. The molecule has 7 nitrogen and oxygen atoms in total. The van der Waals surface area contributed by atoms with Crippen LogP contribution in [0.15, 0.2) is 28.9 Å². The van der Waals surface area contributed by atoms with E-state index in [1.807, 2.05) is 0 Å². The van der Waals surface area contributed by atoms with Crippen LogP contribution in [-0.4, -0.2) is 32.4 Å². The Kier molecular flexibility index (Phi) is 2.48. The van der Waals surface area contributed by atoms with Gasteiger partial charge in [-0.3, -0.25) is 0 Å². The summed E-state index contributed by atoms with van der Waals surface area (Å²) in [7, 11) is 1.56. The Morgan fingerprint density at radius 1 is 1.16 bits per heavy atom. The zero-order chi connectivity index (χ0) is 13.4. The van der Waals surface area contributed by atoms with E-state index in [1.54, 1.807) is 25.2 Å². The van der Waals surface area contributed by atoms with Crippen molar-refractivity contribution in [1.82, 2.24) is 20.3 Å². The molecule has 0 saturated carbocycles. The smallest absolute Gasteiger partial charge is 0.257 e. The lowest BCUT2D eigenvalue weighted by molar-refractivity contribution is 0.314. The maximum absolute atomic E-state index is 13.7. The van der Waals surface area contributed by atoms with Gasteiger partial charge in [0.1, 0.15) is 5.82 Å². The lowest BCUT2D eigenvalue weighted by atomic mass is 10.3. The number of rotatable bonds is 2. The quantitative estimate of drug-likeness (QED) is 0.749. The van der Waals surface area contributed by atoms with E-state index < -0.39 is 5.82 Å². The highest BCUT2D eigenvalue weighted by atomic mass is 19.1. The van der Waals surface area contributed by atoms with Gasteiger partial charge in [-0.05, 0) is 22.4 Å². The third-order valence-electron chi connectivity index (χ3n) is 2.61. The molecule has 19 heavy (non-hydrogen) atoms. The zero-order valence-electron chi connectivity index (χ0n) is 9.78. The molecule has 0 bridgehead atoms. The molecule has 3 rings (SSSR count). The number of aromatic hydroxyl groups is 1. The Hall–Kier alpha value is -2.77. The van der Waals surface area contributed by atoms with Gasteiger partial charge < -0.3 is 10.0 Å². The van der Waals surface area contributed by atoms with Crippen LogP contribution in [0.25, 0.3) is 11.3 Å². The number of anilines is 2. The van der Waals surface area contributed by atoms with Crippen LogP contribution in [0.2, 0.25) is 0 Å². The van der Waals surface area contributed by atoms with Crippen molar-refractivity contribution >= 4 is 22.8 Å². The minimum Gasteiger partial charge on any atom is -0.491 e. The second kappa shape index (κ2) is 4.16. The first-order valence-corrected chi connectivity index (χ1v) is 5.34. The topological polar surface area (TPSA) is 88.2 Å². The first-order chi connectivity index (χ1) is 9.16. The number of fused-ring (bicyclic) bond motifs is 1. The van der Waals surface area contributed by atoms with Crippen LogP contribution in [-0.2, 0) is 0 Å². The summed E-state index contributed by atoms with van der Waals surface area (Å²) >= 11 is 0. The van der Waals surface area contributed by atoms with Crippen LogP contribution in [0.3, 0.4) is 0 Å². The molecule has 8 heteroatoms. The van der Waals surface area contributed by atoms with Crippen molar-refractivity contribution in [2.75, 3.05) is 11.9 Å². The van der Waals surface area contributed by atoms with E-state index in [2.05, 4.69) is 24.9 Å². The standard InChI is InChI=1S/C11H8FN5O2/c1-17(7-5-3-2-4-6(7)12)10-11(18)14-9-8(13-10)15-19-16-9/h2-5H,1H3,(H,14,16,18). The molecular formula is C11H8FN5O2. The Bertz CT molecular complexity index is 745. The molecule has 2 heterocycles. The van der Waals surface area contributed by atoms with Gasteiger partial charge in [-0.25, -0.2) is 9.02 Å². The van der Waals surface area contributed by atoms with E-state index in [4.69, 9.17) is 0 Å². The van der Waals surface area contributed by atoms with Gasteiger partial charge in [0, 0.05) is 7.05 Å². The maximum atomic E-state index is 13.7. The fraction of sp³-hybridized carbons (Fsp3) is 0.0909. The fourth-order valence-electron chi connectivity index (χ4n) is 1.68. The zero-order valence-corrected chi connectivity index (χ0v) is 9.78. The average molecular weight is 261 g/mol. The van der Waals surface area contributed by atoms with Crippen LogP contribution in [0.1, 0.15) is 0 Å². The van der Waals surface area contributed by atoms with Gasteiger partial charge in [0.25, 0.3) is 5.88 Å². The normalized spacial score (nSPS) is 10.8. The minimum absolute atomic E-state index is 0.0632. The van der Waals surface area contributed by atoms with Crippen molar-refractivity contribution in [3.05, 3.63) is 30.1 Å². The largest absolute Gasteiger partial charge is 0.491 e. The molecule has 0 spiro atoms. The fourth-order valence-corrected chi connectivity index (χ4v) is 1.68. The van der Waals surface area contributed by atoms with Crippen LogP contribution >= 0.6 is 0 Å². The molecule has 0 fully saturated rings. The summed E-state index contributed by atoms with van der Waals surface area (Å²) in [5, 5.41) is 16.8. The maximum Gasteiger partial charge on any atom is 0.257 e. The molecule has 0 saturated heterocycles. The van der Waals surface area contributed by atoms with Gasteiger partial charge in [-0.1, -0.05) is 12.1 Å². The summed E-state index contributed by atoms with van der Waals surface area (Å²) in [6, 6.07) is 6.12. The predicted octanol–water partition coefficient (Wildman–Crippen LogP) is 1.63. The van der Waals surface area contributed by atoms with Gasteiger partial charge in [-0.15, -0.1) is 0 Å². The predicted molar refractivity (Wildman–Crippen MR) is 63.5 cm³/mol. The van der Waals surface area contributed by atoms with E-state index >= 15 is 0 Å². The second-order valence-corrected chi connectivity index (χ2v) is 3.79. The number of para-hydroxylation sites is 1. The first-order valence-electron chi connectivity index (χ1n) is 5.34. The van der Waals surface area contributed by atoms with Crippen molar-refractivity contribution in [2.45, 2.75) is 0 Å². The Morgan fingerprint density at radius 3 is 2.58 bits per heavy atom. The first kappa shape index (κ1) is 11.3. The number of nitrogens with zero attached hydrogens (tertiary/aromatic N) is 5. The number of hydrogen-bond acceptors (Lipinski definition) is 7. The molecule has 0 aliphatic rings. The monoisotopic (exact) mass is 261 g/mol. The van der Waals surface area contributed by atoms with E-state index in [-0.39, 0.29) is 28.7 Å². The summed E-state index contributed by atoms with van der Waals surface area (Å²) in [5.74, 6) is -0.758. The minimum atomic E-state index is -0.440. The van der Waals surface area contributed by atoms with Crippen molar-refractivity contribution in [3.63, 3.8) is 0 Å². The molecule has 3 aromatic rings. The van der Waals surface area contributed by atoms with E-state index in [0.29, 0.717) is 0 Å². The van der Waals surface area contributed by atoms with Gasteiger partial charge in [0.05, 0.1) is 5.69 Å². The molecule has 2 aromatic heterocycles. The van der Waals surface area contributed by atoms with Crippen molar-refractivity contribution in [2.24, 2.45) is 0 Å². The molecule has 0 unspecified atom stereocenters. The molecule has 0 radical (unpaired) electrons. The van der Waals surface area contributed by atoms with Gasteiger partial charge in [0.2, 0.25) is 11.3 Å². The lowest BCUT2D eigenvalue weighted by Gasteiger charge is -2.18. The summed E-state index contributed by atoms with van der Waals surface area (Å²) < 4.78 is 18.1. The van der Waals surface area contributed by atoms with Gasteiger partial charge >= 0.3 is 0 Å². The number of halogens is 1. The Balaban J connectivity index is 2.13. The summed E-state index contributed by atoms with van der Waals surface area (Å²) in [6.45, 7) is 0. The molecule has 0 amide bonds. The molecule has 0 aliphatic heterocycles. The number of aromatic nitrogens is 4.